The Morgan fingerprint density at radius 1 is 1.33 bits per heavy atom. The Labute approximate surface area is 132 Å². The van der Waals surface area contributed by atoms with Crippen LogP contribution in [0.3, 0.4) is 0 Å². The van der Waals surface area contributed by atoms with Crippen LogP contribution >= 0.6 is 34.9 Å². The number of carbonyl (C=O) groups is 2. The third kappa shape index (κ3) is 5.36. The Morgan fingerprint density at radius 2 is 2.00 bits per heavy atom. The molecule has 112 valence electrons. The summed E-state index contributed by atoms with van der Waals surface area (Å²) in [6.45, 7) is 1.76. The molecular weight excluding hydrogens is 334 g/mol. The van der Waals surface area contributed by atoms with Crippen LogP contribution in [0.1, 0.15) is 5.69 Å². The van der Waals surface area contributed by atoms with E-state index in [0.29, 0.717) is 20.3 Å². The summed E-state index contributed by atoms with van der Waals surface area (Å²) in [7, 11) is 0. The first kappa shape index (κ1) is 15.8. The maximum Gasteiger partial charge on any atom is 0.237 e. The van der Waals surface area contributed by atoms with Gasteiger partial charge in [0.25, 0.3) is 0 Å². The molecule has 2 aromatic rings. The zero-order chi connectivity index (χ0) is 15.2. The number of anilines is 1. The molecule has 0 saturated heterocycles. The molecule has 8 nitrogen and oxygen atoms in total. The summed E-state index contributed by atoms with van der Waals surface area (Å²) < 4.78 is 6.17. The van der Waals surface area contributed by atoms with Gasteiger partial charge >= 0.3 is 0 Å². The Morgan fingerprint density at radius 3 is 2.57 bits per heavy atom. The number of thioether (sulfide) groups is 2. The quantitative estimate of drug-likeness (QED) is 0.716. The van der Waals surface area contributed by atoms with Gasteiger partial charge in [-0.15, -0.1) is 10.2 Å². The highest BCUT2D eigenvalue weighted by molar-refractivity contribution is 8.03. The summed E-state index contributed by atoms with van der Waals surface area (Å²) >= 11 is 3.78. The van der Waals surface area contributed by atoms with Crippen molar-refractivity contribution in [2.45, 2.75) is 15.6 Å². The number of hydrogen-bond donors (Lipinski definition) is 2. The molecule has 0 aliphatic heterocycles. The zero-order valence-corrected chi connectivity index (χ0v) is 13.3. The zero-order valence-electron chi connectivity index (χ0n) is 10.9. The molecule has 2 amide bonds. The van der Waals surface area contributed by atoms with E-state index in [4.69, 9.17) is 10.3 Å². The first-order chi connectivity index (χ1) is 10.0. The van der Waals surface area contributed by atoms with E-state index in [1.165, 1.54) is 34.9 Å². The topological polar surface area (TPSA) is 124 Å². The summed E-state index contributed by atoms with van der Waals surface area (Å²) in [4.78, 5) is 22.3. The van der Waals surface area contributed by atoms with Crippen molar-refractivity contribution in [3.63, 3.8) is 0 Å². The van der Waals surface area contributed by atoms with Gasteiger partial charge in [0.15, 0.2) is 8.68 Å². The lowest BCUT2D eigenvalue weighted by Crippen LogP contribution is -2.13. The predicted octanol–water partition coefficient (Wildman–Crippen LogP) is 1.14. The van der Waals surface area contributed by atoms with Gasteiger partial charge in [0.05, 0.1) is 17.2 Å². The van der Waals surface area contributed by atoms with E-state index >= 15 is 0 Å². The van der Waals surface area contributed by atoms with Crippen LogP contribution in [-0.4, -0.2) is 38.7 Å². The molecule has 0 fully saturated rings. The van der Waals surface area contributed by atoms with E-state index in [2.05, 4.69) is 20.7 Å². The van der Waals surface area contributed by atoms with Crippen LogP contribution in [0, 0.1) is 6.92 Å². The molecule has 0 saturated carbocycles. The fraction of sp³-hybridized carbons (Fsp3) is 0.300. The third-order valence-electron chi connectivity index (χ3n) is 1.94. The van der Waals surface area contributed by atoms with Gasteiger partial charge in [-0.3, -0.25) is 14.9 Å². The first-order valence-electron chi connectivity index (χ1n) is 5.63. The van der Waals surface area contributed by atoms with Gasteiger partial charge in [0.2, 0.25) is 17.7 Å². The van der Waals surface area contributed by atoms with Crippen LogP contribution in [0.25, 0.3) is 0 Å². The van der Waals surface area contributed by atoms with Crippen molar-refractivity contribution in [1.82, 2.24) is 15.4 Å². The largest absolute Gasteiger partial charge is 0.369 e. The number of nitrogens with two attached hydrogens (primary N) is 1. The number of amides is 2. The Kier molecular flexibility index (Phi) is 5.59. The van der Waals surface area contributed by atoms with Crippen molar-refractivity contribution in [2.75, 3.05) is 16.8 Å². The highest BCUT2D eigenvalue weighted by atomic mass is 32.2. The third-order valence-corrected chi connectivity index (χ3v) is 5.16. The molecule has 2 aromatic heterocycles. The average Bonchev–Trinajstić information content (AvgIpc) is 3.03. The molecule has 0 aliphatic rings. The summed E-state index contributed by atoms with van der Waals surface area (Å²) in [6, 6.07) is 1.63. The van der Waals surface area contributed by atoms with Crippen molar-refractivity contribution in [2.24, 2.45) is 5.73 Å². The van der Waals surface area contributed by atoms with Crippen LogP contribution in [0.15, 0.2) is 19.3 Å². The van der Waals surface area contributed by atoms with E-state index < -0.39 is 5.91 Å². The maximum atomic E-state index is 11.7. The van der Waals surface area contributed by atoms with Gasteiger partial charge in [0, 0.05) is 6.07 Å². The minimum Gasteiger partial charge on any atom is -0.369 e. The van der Waals surface area contributed by atoms with Gasteiger partial charge in [-0.1, -0.05) is 40.0 Å². The lowest BCUT2D eigenvalue weighted by Gasteiger charge is -1.98. The molecular formula is C10H11N5O3S3. The second-order valence-corrected chi connectivity index (χ2v) is 7.18. The minimum absolute atomic E-state index is 0.157. The number of aromatic nitrogens is 3. The average molecular weight is 345 g/mol. The van der Waals surface area contributed by atoms with Gasteiger partial charge in [-0.2, -0.15) is 0 Å². The Bertz CT molecular complexity index is 641. The SMILES string of the molecule is Cc1cc(NC(=O)CSc2nnc(SCC(N)=O)s2)on1. The summed E-state index contributed by atoms with van der Waals surface area (Å²) in [5.74, 6) is 0.0105. The Balaban J connectivity index is 1.77. The standard InChI is InChI=1S/C10H11N5O3S3/c1-5-2-8(18-15-5)12-7(17)4-20-10-14-13-9(21-10)19-3-6(11)16/h2H,3-4H2,1H3,(H2,11,16)(H,12,17). The predicted molar refractivity (Wildman–Crippen MR) is 80.4 cm³/mol. The molecule has 0 unspecified atom stereocenters. The van der Waals surface area contributed by atoms with E-state index in [9.17, 15) is 9.59 Å². The lowest BCUT2D eigenvalue weighted by atomic mass is 10.5. The van der Waals surface area contributed by atoms with Gasteiger partial charge in [-0.05, 0) is 6.92 Å². The molecule has 2 rings (SSSR count). The van der Waals surface area contributed by atoms with Crippen molar-refractivity contribution >= 4 is 52.6 Å². The van der Waals surface area contributed by atoms with Crippen molar-refractivity contribution in [3.05, 3.63) is 11.8 Å². The number of primary amides is 1. The summed E-state index contributed by atoms with van der Waals surface area (Å²) in [5.41, 5.74) is 5.74. The summed E-state index contributed by atoms with van der Waals surface area (Å²) in [6.07, 6.45) is 0. The van der Waals surface area contributed by atoms with E-state index in [0.717, 1.165) is 0 Å². The van der Waals surface area contributed by atoms with Crippen LogP contribution < -0.4 is 11.1 Å². The van der Waals surface area contributed by atoms with Crippen LogP contribution in [0.5, 0.6) is 0 Å². The monoisotopic (exact) mass is 345 g/mol. The van der Waals surface area contributed by atoms with E-state index in [1.807, 2.05) is 0 Å². The fourth-order valence-corrected chi connectivity index (χ4v) is 3.73. The molecule has 3 N–H and O–H groups in total. The normalized spacial score (nSPS) is 10.5. The smallest absolute Gasteiger partial charge is 0.237 e. The Hall–Kier alpha value is -1.59. The van der Waals surface area contributed by atoms with Crippen LogP contribution in [-0.2, 0) is 9.59 Å². The first-order valence-corrected chi connectivity index (χ1v) is 8.42. The fourth-order valence-electron chi connectivity index (χ4n) is 1.17. The summed E-state index contributed by atoms with van der Waals surface area (Å²) in [5, 5.41) is 14.1. The maximum absolute atomic E-state index is 11.7. The highest BCUT2D eigenvalue weighted by Crippen LogP contribution is 2.28. The second-order valence-electron chi connectivity index (χ2n) is 3.76. The lowest BCUT2D eigenvalue weighted by molar-refractivity contribution is -0.115. The van der Waals surface area contributed by atoms with Gasteiger partial charge in [-0.25, -0.2) is 0 Å². The second kappa shape index (κ2) is 7.43. The van der Waals surface area contributed by atoms with Crippen molar-refractivity contribution in [3.8, 4) is 0 Å². The van der Waals surface area contributed by atoms with E-state index in [-0.39, 0.29) is 17.4 Å². The molecule has 0 aromatic carbocycles. The van der Waals surface area contributed by atoms with Crippen molar-refractivity contribution in [1.29, 1.82) is 0 Å². The molecule has 0 atom stereocenters. The van der Waals surface area contributed by atoms with Crippen LogP contribution in [0.2, 0.25) is 0 Å². The van der Waals surface area contributed by atoms with Crippen LogP contribution in [0.4, 0.5) is 5.88 Å². The number of aryl methyl sites for hydroxylation is 1. The molecule has 2 heterocycles. The number of nitrogens with zero attached hydrogens (tertiary/aromatic N) is 3. The molecule has 0 aliphatic carbocycles. The molecule has 21 heavy (non-hydrogen) atoms. The number of nitrogens with one attached hydrogen (secondary N) is 1. The molecule has 11 heteroatoms. The number of carbonyl (C=O) groups excluding carboxylic acids is 2. The molecule has 0 spiro atoms. The molecule has 0 radical (unpaired) electrons. The van der Waals surface area contributed by atoms with Gasteiger partial charge < -0.3 is 10.3 Å². The van der Waals surface area contributed by atoms with E-state index in [1.54, 1.807) is 13.0 Å². The minimum atomic E-state index is -0.411. The molecule has 0 bridgehead atoms. The number of hydrogen-bond acceptors (Lipinski definition) is 9. The highest BCUT2D eigenvalue weighted by Gasteiger charge is 2.11. The number of rotatable bonds is 7. The van der Waals surface area contributed by atoms with Gasteiger partial charge in [0.1, 0.15) is 0 Å². The van der Waals surface area contributed by atoms with Crippen molar-refractivity contribution < 1.29 is 14.1 Å².